The predicted octanol–water partition coefficient (Wildman–Crippen LogP) is 2.93. The maximum atomic E-state index is 11.5. The van der Waals surface area contributed by atoms with Crippen molar-refractivity contribution < 1.29 is 4.79 Å². The second-order valence-corrected chi connectivity index (χ2v) is 6.76. The summed E-state index contributed by atoms with van der Waals surface area (Å²) in [5.74, 6) is 0.400. The number of anilines is 1. The SMILES string of the molecule is CC(C)(Cc1cnc(Cl)nc1NC1CCCCC1)C(N)=O. The first-order valence-electron chi connectivity index (χ1n) is 7.46. The van der Waals surface area contributed by atoms with E-state index in [0.717, 1.165) is 24.2 Å². The van der Waals surface area contributed by atoms with Crippen LogP contribution in [-0.4, -0.2) is 21.9 Å². The number of primary amides is 1. The molecule has 0 bridgehead atoms. The average molecular weight is 311 g/mol. The van der Waals surface area contributed by atoms with E-state index in [9.17, 15) is 4.79 Å². The van der Waals surface area contributed by atoms with Gasteiger partial charge in [0.25, 0.3) is 0 Å². The lowest BCUT2D eigenvalue weighted by Crippen LogP contribution is -2.34. The van der Waals surface area contributed by atoms with E-state index in [0.29, 0.717) is 12.5 Å². The van der Waals surface area contributed by atoms with Gasteiger partial charge in [0, 0.05) is 23.2 Å². The van der Waals surface area contributed by atoms with E-state index < -0.39 is 5.41 Å². The van der Waals surface area contributed by atoms with Gasteiger partial charge < -0.3 is 11.1 Å². The van der Waals surface area contributed by atoms with Gasteiger partial charge >= 0.3 is 0 Å². The van der Waals surface area contributed by atoms with Crippen LogP contribution >= 0.6 is 11.6 Å². The fourth-order valence-electron chi connectivity index (χ4n) is 2.64. The predicted molar refractivity (Wildman–Crippen MR) is 84.2 cm³/mol. The van der Waals surface area contributed by atoms with Gasteiger partial charge in [-0.25, -0.2) is 9.97 Å². The van der Waals surface area contributed by atoms with Gasteiger partial charge in [-0.2, -0.15) is 0 Å². The normalized spacial score (nSPS) is 16.7. The Morgan fingerprint density at radius 1 is 1.43 bits per heavy atom. The van der Waals surface area contributed by atoms with Crippen LogP contribution in [0, 0.1) is 5.41 Å². The number of nitrogens with zero attached hydrogens (tertiary/aromatic N) is 2. The molecule has 1 aliphatic carbocycles. The van der Waals surface area contributed by atoms with Gasteiger partial charge in [0.15, 0.2) is 0 Å². The van der Waals surface area contributed by atoms with Gasteiger partial charge in [-0.15, -0.1) is 0 Å². The number of carbonyl (C=O) groups excluding carboxylic acids is 1. The Balaban J connectivity index is 2.18. The Morgan fingerprint density at radius 2 is 2.10 bits per heavy atom. The first-order valence-corrected chi connectivity index (χ1v) is 7.84. The van der Waals surface area contributed by atoms with Crippen molar-refractivity contribution >= 4 is 23.3 Å². The summed E-state index contributed by atoms with van der Waals surface area (Å²) in [5.41, 5.74) is 5.70. The molecule has 0 unspecified atom stereocenters. The number of hydrogen-bond donors (Lipinski definition) is 2. The largest absolute Gasteiger partial charge is 0.369 e. The Morgan fingerprint density at radius 3 is 2.71 bits per heavy atom. The molecule has 1 fully saturated rings. The fourth-order valence-corrected chi connectivity index (χ4v) is 2.78. The third-order valence-corrected chi connectivity index (χ3v) is 4.26. The molecule has 21 heavy (non-hydrogen) atoms. The van der Waals surface area contributed by atoms with Crippen molar-refractivity contribution in [3.05, 3.63) is 17.0 Å². The lowest BCUT2D eigenvalue weighted by Gasteiger charge is -2.26. The second-order valence-electron chi connectivity index (χ2n) is 6.42. The van der Waals surface area contributed by atoms with Crippen molar-refractivity contribution in [2.24, 2.45) is 11.1 Å². The summed E-state index contributed by atoms with van der Waals surface area (Å²) in [7, 11) is 0. The van der Waals surface area contributed by atoms with Gasteiger partial charge in [0.1, 0.15) is 5.82 Å². The number of nitrogens with two attached hydrogens (primary N) is 1. The molecule has 1 aromatic rings. The third kappa shape index (κ3) is 4.30. The van der Waals surface area contributed by atoms with Crippen molar-refractivity contribution in [2.45, 2.75) is 58.4 Å². The van der Waals surface area contributed by atoms with Crippen LogP contribution < -0.4 is 11.1 Å². The first-order chi connectivity index (χ1) is 9.88. The number of halogens is 1. The Hall–Kier alpha value is -1.36. The lowest BCUT2D eigenvalue weighted by atomic mass is 9.85. The second kappa shape index (κ2) is 6.60. The van der Waals surface area contributed by atoms with Gasteiger partial charge in [0.05, 0.1) is 0 Å². The van der Waals surface area contributed by atoms with Crippen LogP contribution in [0.2, 0.25) is 5.28 Å². The number of hydrogen-bond acceptors (Lipinski definition) is 4. The van der Waals surface area contributed by atoms with Gasteiger partial charge in [-0.1, -0.05) is 33.1 Å². The number of aromatic nitrogens is 2. The highest BCUT2D eigenvalue weighted by molar-refractivity contribution is 6.28. The molecule has 1 saturated carbocycles. The van der Waals surface area contributed by atoms with E-state index in [1.165, 1.54) is 19.3 Å². The molecule has 3 N–H and O–H groups in total. The van der Waals surface area contributed by atoms with Gasteiger partial charge in [-0.05, 0) is 30.9 Å². The van der Waals surface area contributed by atoms with Crippen LogP contribution in [0.1, 0.15) is 51.5 Å². The number of carbonyl (C=O) groups is 1. The zero-order valence-corrected chi connectivity index (χ0v) is 13.4. The molecular formula is C15H23ClN4O. The van der Waals surface area contributed by atoms with Crippen molar-refractivity contribution in [2.75, 3.05) is 5.32 Å². The number of rotatable bonds is 5. The van der Waals surface area contributed by atoms with E-state index in [-0.39, 0.29) is 11.2 Å². The summed E-state index contributed by atoms with van der Waals surface area (Å²) >= 11 is 5.91. The summed E-state index contributed by atoms with van der Waals surface area (Å²) in [6.45, 7) is 3.66. The van der Waals surface area contributed by atoms with Crippen LogP contribution in [0.25, 0.3) is 0 Å². The highest BCUT2D eigenvalue weighted by Gasteiger charge is 2.27. The summed E-state index contributed by atoms with van der Waals surface area (Å²) in [6.07, 6.45) is 8.22. The molecule has 5 nitrogen and oxygen atoms in total. The summed E-state index contributed by atoms with van der Waals surface area (Å²) in [6, 6.07) is 0.417. The summed E-state index contributed by atoms with van der Waals surface area (Å²) in [4.78, 5) is 19.9. The topological polar surface area (TPSA) is 80.9 Å². The monoisotopic (exact) mass is 310 g/mol. The molecule has 0 spiro atoms. The van der Waals surface area contributed by atoms with Crippen LogP contribution in [0.4, 0.5) is 5.82 Å². The van der Waals surface area contributed by atoms with Crippen LogP contribution in [0.15, 0.2) is 6.20 Å². The molecule has 0 aromatic carbocycles. The fraction of sp³-hybridized carbons (Fsp3) is 0.667. The minimum absolute atomic E-state index is 0.217. The zero-order valence-electron chi connectivity index (χ0n) is 12.7. The molecule has 1 heterocycles. The molecule has 1 aliphatic rings. The van der Waals surface area contributed by atoms with E-state index in [1.807, 2.05) is 13.8 Å². The third-order valence-electron chi connectivity index (χ3n) is 4.08. The molecule has 1 amide bonds. The molecule has 6 heteroatoms. The molecule has 1 aromatic heterocycles. The highest BCUT2D eigenvalue weighted by Crippen LogP contribution is 2.28. The van der Waals surface area contributed by atoms with Crippen LogP contribution in [0.3, 0.4) is 0 Å². The molecule has 0 radical (unpaired) electrons. The highest BCUT2D eigenvalue weighted by atomic mass is 35.5. The Bertz CT molecular complexity index is 512. The molecular weight excluding hydrogens is 288 g/mol. The van der Waals surface area contributed by atoms with E-state index in [1.54, 1.807) is 6.20 Å². The van der Waals surface area contributed by atoms with Crippen molar-refractivity contribution in [1.82, 2.24) is 9.97 Å². The summed E-state index contributed by atoms with van der Waals surface area (Å²) < 4.78 is 0. The van der Waals surface area contributed by atoms with E-state index in [4.69, 9.17) is 17.3 Å². The molecule has 2 rings (SSSR count). The van der Waals surface area contributed by atoms with Crippen LogP contribution in [-0.2, 0) is 11.2 Å². The van der Waals surface area contributed by atoms with Crippen molar-refractivity contribution in [3.63, 3.8) is 0 Å². The first kappa shape index (κ1) is 16.0. The quantitative estimate of drug-likeness (QED) is 0.819. The smallest absolute Gasteiger partial charge is 0.224 e. The summed E-state index contributed by atoms with van der Waals surface area (Å²) in [5, 5.41) is 3.68. The number of amides is 1. The lowest BCUT2D eigenvalue weighted by molar-refractivity contribution is -0.125. The van der Waals surface area contributed by atoms with Gasteiger partial charge in [-0.3, -0.25) is 4.79 Å². The maximum absolute atomic E-state index is 11.5. The molecule has 0 atom stereocenters. The standard InChI is InChI=1S/C15H23ClN4O/c1-15(2,13(17)21)8-10-9-18-14(16)20-12(10)19-11-6-4-3-5-7-11/h9,11H,3-8H2,1-2H3,(H2,17,21)(H,18,19,20). The van der Waals surface area contributed by atoms with E-state index in [2.05, 4.69) is 15.3 Å². The van der Waals surface area contributed by atoms with Gasteiger partial charge in [0.2, 0.25) is 11.2 Å². The van der Waals surface area contributed by atoms with Crippen LogP contribution in [0.5, 0.6) is 0 Å². The molecule has 116 valence electrons. The molecule has 0 saturated heterocycles. The minimum Gasteiger partial charge on any atom is -0.369 e. The molecule has 0 aliphatic heterocycles. The minimum atomic E-state index is -0.639. The van der Waals surface area contributed by atoms with Crippen molar-refractivity contribution in [1.29, 1.82) is 0 Å². The van der Waals surface area contributed by atoms with Crippen molar-refractivity contribution in [3.8, 4) is 0 Å². The zero-order chi connectivity index (χ0) is 15.5. The number of nitrogens with one attached hydrogen (secondary N) is 1. The average Bonchev–Trinajstić information content (AvgIpc) is 2.43. The Labute approximate surface area is 130 Å². The van der Waals surface area contributed by atoms with E-state index >= 15 is 0 Å². The maximum Gasteiger partial charge on any atom is 0.224 e. The Kier molecular flexibility index (Phi) is 5.04.